The Balaban J connectivity index is 1.62. The van der Waals surface area contributed by atoms with Crippen LogP contribution in [0.1, 0.15) is 35.5 Å². The number of hydrogen-bond acceptors (Lipinski definition) is 6. The largest absolute Gasteiger partial charge is 0.348 e. The van der Waals surface area contributed by atoms with Gasteiger partial charge in [0.05, 0.1) is 18.1 Å². The molecule has 1 unspecified atom stereocenters. The molecule has 0 aliphatic carbocycles. The Morgan fingerprint density at radius 1 is 1.19 bits per heavy atom. The molecule has 6 nitrogen and oxygen atoms in total. The van der Waals surface area contributed by atoms with E-state index in [1.54, 1.807) is 18.1 Å². The maximum atomic E-state index is 5.97. The molecule has 0 amide bonds. The highest BCUT2D eigenvalue weighted by atomic mass is 35.5. The molecule has 1 atom stereocenters. The van der Waals surface area contributed by atoms with Crippen LogP contribution in [-0.4, -0.2) is 42.1 Å². The lowest BCUT2D eigenvalue weighted by Crippen LogP contribution is -2.36. The van der Waals surface area contributed by atoms with Crippen molar-refractivity contribution in [2.75, 3.05) is 12.3 Å². The molecule has 4 rings (SSSR count). The lowest BCUT2D eigenvalue weighted by molar-refractivity contribution is 0.199. The van der Waals surface area contributed by atoms with Crippen LogP contribution in [-0.2, 0) is 13.0 Å². The number of aromatic amines is 1. The minimum absolute atomic E-state index is 0.0412. The van der Waals surface area contributed by atoms with Crippen LogP contribution in [0.5, 0.6) is 0 Å². The molecule has 1 aliphatic rings. The van der Waals surface area contributed by atoms with Crippen molar-refractivity contribution in [2.45, 2.75) is 31.1 Å². The summed E-state index contributed by atoms with van der Waals surface area (Å²) >= 11 is 7.62. The van der Waals surface area contributed by atoms with Crippen molar-refractivity contribution in [3.8, 4) is 0 Å². The van der Waals surface area contributed by atoms with Gasteiger partial charge in [-0.05, 0) is 17.4 Å². The molecular weight excluding hydrogens is 368 g/mol. The molecule has 3 aromatic rings. The topological polar surface area (TPSA) is 70.6 Å². The summed E-state index contributed by atoms with van der Waals surface area (Å²) < 4.78 is 0. The first-order valence-electron chi connectivity index (χ1n) is 8.56. The number of aromatic nitrogens is 5. The third-order valence-corrected chi connectivity index (χ3v) is 5.41. The fraction of sp³-hybridized carbons (Fsp3) is 0.333. The number of hydrogen-bond donors (Lipinski definition) is 1. The smallest absolute Gasteiger partial charge is 0.187 e. The van der Waals surface area contributed by atoms with Crippen LogP contribution in [0.3, 0.4) is 0 Å². The molecule has 0 spiro atoms. The van der Waals surface area contributed by atoms with Gasteiger partial charge in [0.1, 0.15) is 5.15 Å². The third-order valence-electron chi connectivity index (χ3n) is 4.43. The van der Waals surface area contributed by atoms with Gasteiger partial charge >= 0.3 is 0 Å². The van der Waals surface area contributed by atoms with Crippen molar-refractivity contribution in [3.05, 3.63) is 64.7 Å². The Kier molecular flexibility index (Phi) is 5.19. The summed E-state index contributed by atoms with van der Waals surface area (Å²) in [7, 11) is 0. The van der Waals surface area contributed by atoms with E-state index in [9.17, 15) is 0 Å². The Bertz CT molecular complexity index is 864. The van der Waals surface area contributed by atoms with Gasteiger partial charge in [-0.3, -0.25) is 4.90 Å². The highest BCUT2D eigenvalue weighted by Gasteiger charge is 2.31. The van der Waals surface area contributed by atoms with Crippen molar-refractivity contribution >= 4 is 23.4 Å². The van der Waals surface area contributed by atoms with Gasteiger partial charge in [0.25, 0.3) is 0 Å². The Hall–Kier alpha value is -1.96. The van der Waals surface area contributed by atoms with E-state index in [2.05, 4.69) is 36.7 Å². The summed E-state index contributed by atoms with van der Waals surface area (Å²) in [6.07, 6.45) is 8.38. The van der Waals surface area contributed by atoms with Gasteiger partial charge in [-0.15, -0.1) is 0 Å². The number of imidazole rings is 1. The van der Waals surface area contributed by atoms with Crippen LogP contribution < -0.4 is 0 Å². The Labute approximate surface area is 161 Å². The van der Waals surface area contributed by atoms with E-state index < -0.39 is 0 Å². The zero-order valence-corrected chi connectivity index (χ0v) is 16.0. The second kappa shape index (κ2) is 7.73. The van der Waals surface area contributed by atoms with Crippen molar-refractivity contribution in [3.63, 3.8) is 0 Å². The first kappa shape index (κ1) is 17.5. The Morgan fingerprint density at radius 2 is 2.04 bits per heavy atom. The highest BCUT2D eigenvalue weighted by Crippen LogP contribution is 2.34. The molecule has 0 radical (unpaired) electrons. The van der Waals surface area contributed by atoms with E-state index in [4.69, 9.17) is 11.6 Å². The van der Waals surface area contributed by atoms with Gasteiger partial charge in [-0.1, -0.05) is 36.4 Å². The minimum atomic E-state index is 0.0412. The molecule has 26 heavy (non-hydrogen) atoms. The van der Waals surface area contributed by atoms with Crippen molar-refractivity contribution < 1.29 is 0 Å². The van der Waals surface area contributed by atoms with Crippen LogP contribution in [0, 0.1) is 0 Å². The van der Waals surface area contributed by atoms with E-state index in [0.29, 0.717) is 5.15 Å². The van der Waals surface area contributed by atoms with Gasteiger partial charge in [0.2, 0.25) is 0 Å². The standard InChI is InChI=1S/C18H19ClN6S/c1-2-26-18-21-7-12(8-22-18)10-25-6-5-14-16(24-11-23-14)17(25)13-3-4-15(19)20-9-13/h3-4,7-9,11,17H,2,5-6,10H2,1H3,(H,23,24). The number of thioether (sulfide) groups is 1. The minimum Gasteiger partial charge on any atom is -0.348 e. The molecular formula is C18H19ClN6S. The van der Waals surface area contributed by atoms with Gasteiger partial charge in [0, 0.05) is 49.4 Å². The van der Waals surface area contributed by atoms with Crippen molar-refractivity contribution in [1.29, 1.82) is 0 Å². The van der Waals surface area contributed by atoms with E-state index in [-0.39, 0.29) is 6.04 Å². The zero-order valence-electron chi connectivity index (χ0n) is 14.4. The van der Waals surface area contributed by atoms with Crippen molar-refractivity contribution in [1.82, 2.24) is 29.8 Å². The summed E-state index contributed by atoms with van der Waals surface area (Å²) in [5.74, 6) is 0.971. The van der Waals surface area contributed by atoms with Gasteiger partial charge in [0.15, 0.2) is 5.16 Å². The molecule has 0 bridgehead atoms. The molecule has 0 aromatic carbocycles. The number of nitrogens with zero attached hydrogens (tertiary/aromatic N) is 5. The quantitative estimate of drug-likeness (QED) is 0.411. The van der Waals surface area contributed by atoms with Crippen LogP contribution in [0.2, 0.25) is 5.15 Å². The summed E-state index contributed by atoms with van der Waals surface area (Å²) in [6.45, 7) is 3.78. The third kappa shape index (κ3) is 3.60. The average molecular weight is 387 g/mol. The normalized spacial score (nSPS) is 17.2. The number of nitrogens with one attached hydrogen (secondary N) is 1. The first-order chi connectivity index (χ1) is 12.7. The molecule has 1 aliphatic heterocycles. The molecule has 8 heteroatoms. The second-order valence-electron chi connectivity index (χ2n) is 6.11. The van der Waals surface area contributed by atoms with Crippen LogP contribution in [0.15, 0.2) is 42.2 Å². The number of pyridine rings is 1. The van der Waals surface area contributed by atoms with Crippen LogP contribution in [0.25, 0.3) is 0 Å². The Morgan fingerprint density at radius 3 is 2.77 bits per heavy atom. The van der Waals surface area contributed by atoms with E-state index >= 15 is 0 Å². The van der Waals surface area contributed by atoms with Crippen LogP contribution in [0.4, 0.5) is 0 Å². The fourth-order valence-corrected chi connectivity index (χ4v) is 3.90. The SMILES string of the molecule is CCSc1ncc(CN2CCc3[nH]cnc3C2c2ccc(Cl)nc2)cn1. The lowest BCUT2D eigenvalue weighted by atomic mass is 9.96. The number of rotatable bonds is 5. The zero-order chi connectivity index (χ0) is 17.9. The molecule has 0 saturated heterocycles. The van der Waals surface area contributed by atoms with Gasteiger partial charge < -0.3 is 4.98 Å². The predicted octanol–water partition coefficient (Wildman–Crippen LogP) is 3.51. The summed E-state index contributed by atoms with van der Waals surface area (Å²) in [5, 5.41) is 1.32. The average Bonchev–Trinajstić information content (AvgIpc) is 3.13. The summed E-state index contributed by atoms with van der Waals surface area (Å²) in [6, 6.07) is 3.89. The summed E-state index contributed by atoms with van der Waals surface area (Å²) in [5.41, 5.74) is 4.42. The molecule has 134 valence electrons. The van der Waals surface area contributed by atoms with Gasteiger partial charge in [-0.2, -0.15) is 0 Å². The van der Waals surface area contributed by atoms with E-state index in [1.807, 2.05) is 30.7 Å². The molecule has 0 fully saturated rings. The predicted molar refractivity (Wildman–Crippen MR) is 102 cm³/mol. The first-order valence-corrected chi connectivity index (χ1v) is 9.92. The molecule has 1 N–H and O–H groups in total. The maximum absolute atomic E-state index is 5.97. The number of fused-ring (bicyclic) bond motifs is 1. The van der Waals surface area contributed by atoms with Crippen LogP contribution >= 0.6 is 23.4 Å². The fourth-order valence-electron chi connectivity index (χ4n) is 3.28. The van der Waals surface area contributed by atoms with Crippen molar-refractivity contribution in [2.24, 2.45) is 0 Å². The molecule has 4 heterocycles. The number of H-pyrrole nitrogens is 1. The molecule has 0 saturated carbocycles. The van der Waals surface area contributed by atoms with E-state index in [1.165, 1.54) is 5.69 Å². The number of halogens is 1. The molecule has 3 aromatic heterocycles. The summed E-state index contributed by atoms with van der Waals surface area (Å²) in [4.78, 5) is 23.4. The van der Waals surface area contributed by atoms with Gasteiger partial charge in [-0.25, -0.2) is 19.9 Å². The lowest BCUT2D eigenvalue weighted by Gasteiger charge is -2.35. The second-order valence-corrected chi connectivity index (χ2v) is 7.73. The monoisotopic (exact) mass is 386 g/mol. The maximum Gasteiger partial charge on any atom is 0.187 e. The highest BCUT2D eigenvalue weighted by molar-refractivity contribution is 7.99. The van der Waals surface area contributed by atoms with E-state index in [0.717, 1.165) is 47.2 Å².